The number of rotatable bonds is 3. The van der Waals surface area contributed by atoms with Gasteiger partial charge in [0.25, 0.3) is 0 Å². The molecular weight excluding hydrogens is 269 g/mol. The second-order valence-electron chi connectivity index (χ2n) is 3.51. The van der Waals surface area contributed by atoms with Gasteiger partial charge in [-0.05, 0) is 5.56 Å². The van der Waals surface area contributed by atoms with Crippen LogP contribution in [0.25, 0.3) is 0 Å². The zero-order valence-electron chi connectivity index (χ0n) is 8.56. The number of benzene rings is 1. The second kappa shape index (κ2) is 4.42. The monoisotopic (exact) mass is 276 g/mol. The van der Waals surface area contributed by atoms with Gasteiger partial charge in [0.1, 0.15) is 6.10 Å². The summed E-state index contributed by atoms with van der Waals surface area (Å²) in [5, 5.41) is 9.02. The van der Waals surface area contributed by atoms with E-state index in [4.69, 9.17) is 5.11 Å². The summed E-state index contributed by atoms with van der Waals surface area (Å²) in [4.78, 5) is 0. The minimum absolute atomic E-state index is 0.730. The third-order valence-electron chi connectivity index (χ3n) is 2.23. The van der Waals surface area contributed by atoms with Crippen molar-refractivity contribution in [2.45, 2.75) is 24.1 Å². The molecule has 0 saturated carbocycles. The lowest BCUT2D eigenvalue weighted by atomic mass is 9.98. The highest BCUT2D eigenvalue weighted by Gasteiger charge is 2.75. The number of hydrogen-bond acceptors (Lipinski definition) is 1. The van der Waals surface area contributed by atoms with Crippen LogP contribution in [-0.2, 0) is 0 Å². The molecule has 0 aliphatic rings. The van der Waals surface area contributed by atoms with Crippen molar-refractivity contribution in [3.8, 4) is 0 Å². The lowest BCUT2D eigenvalue weighted by Gasteiger charge is -2.31. The standard InChI is InChI=1S/C10H7F7O/c11-8(12,9(13,14)10(15,16)17)7(18)6-4-2-1-3-5-6/h1-5,7,18H/t7-/m1/s1. The van der Waals surface area contributed by atoms with Crippen LogP contribution < -0.4 is 0 Å². The second-order valence-corrected chi connectivity index (χ2v) is 3.51. The zero-order valence-corrected chi connectivity index (χ0v) is 8.56. The van der Waals surface area contributed by atoms with E-state index in [1.54, 1.807) is 0 Å². The van der Waals surface area contributed by atoms with Crippen molar-refractivity contribution in [1.82, 2.24) is 0 Å². The van der Waals surface area contributed by atoms with E-state index in [1.165, 1.54) is 6.07 Å². The quantitative estimate of drug-likeness (QED) is 0.837. The molecule has 0 spiro atoms. The Morgan fingerprint density at radius 3 is 1.67 bits per heavy atom. The fraction of sp³-hybridized carbons (Fsp3) is 0.400. The van der Waals surface area contributed by atoms with Gasteiger partial charge in [0, 0.05) is 0 Å². The fourth-order valence-electron chi connectivity index (χ4n) is 1.21. The average molecular weight is 276 g/mol. The minimum atomic E-state index is -6.45. The van der Waals surface area contributed by atoms with Crippen LogP contribution in [0.3, 0.4) is 0 Å². The normalized spacial score (nSPS) is 15.6. The largest absolute Gasteiger partial charge is 0.459 e. The average Bonchev–Trinajstić information content (AvgIpc) is 2.27. The van der Waals surface area contributed by atoms with Gasteiger partial charge < -0.3 is 5.11 Å². The van der Waals surface area contributed by atoms with Crippen LogP contribution in [0.1, 0.15) is 11.7 Å². The molecule has 8 heteroatoms. The first kappa shape index (κ1) is 14.7. The Morgan fingerprint density at radius 1 is 0.833 bits per heavy atom. The third-order valence-corrected chi connectivity index (χ3v) is 2.23. The van der Waals surface area contributed by atoms with Crippen LogP contribution >= 0.6 is 0 Å². The summed E-state index contributed by atoms with van der Waals surface area (Å²) in [6.07, 6.45) is -9.71. The maximum absolute atomic E-state index is 13.1. The van der Waals surface area contributed by atoms with Crippen molar-refractivity contribution >= 4 is 0 Å². The molecule has 0 fully saturated rings. The van der Waals surface area contributed by atoms with E-state index in [2.05, 4.69) is 0 Å². The molecule has 1 N–H and O–H groups in total. The van der Waals surface area contributed by atoms with Crippen LogP contribution in [0.2, 0.25) is 0 Å². The summed E-state index contributed by atoms with van der Waals surface area (Å²) >= 11 is 0. The van der Waals surface area contributed by atoms with Crippen molar-refractivity contribution in [3.63, 3.8) is 0 Å². The van der Waals surface area contributed by atoms with Crippen molar-refractivity contribution < 1.29 is 35.8 Å². The van der Waals surface area contributed by atoms with E-state index in [0.29, 0.717) is 0 Å². The van der Waals surface area contributed by atoms with Gasteiger partial charge in [-0.15, -0.1) is 0 Å². The lowest BCUT2D eigenvalue weighted by molar-refractivity contribution is -0.372. The Morgan fingerprint density at radius 2 is 1.28 bits per heavy atom. The van der Waals surface area contributed by atoms with Gasteiger partial charge in [-0.2, -0.15) is 30.7 Å². The van der Waals surface area contributed by atoms with E-state index < -0.39 is 29.7 Å². The Hall–Kier alpha value is -1.31. The molecule has 0 aromatic heterocycles. The SMILES string of the molecule is O[C@H](c1ccccc1)C(F)(F)C(F)(F)C(F)(F)F. The predicted molar refractivity (Wildman–Crippen MR) is 47.4 cm³/mol. The Kier molecular flexibility index (Phi) is 3.62. The van der Waals surface area contributed by atoms with Gasteiger partial charge in [0.15, 0.2) is 0 Å². The maximum Gasteiger partial charge on any atom is 0.459 e. The predicted octanol–water partition coefficient (Wildman–Crippen LogP) is 3.55. The van der Waals surface area contributed by atoms with Crippen LogP contribution in [0, 0.1) is 0 Å². The van der Waals surface area contributed by atoms with Gasteiger partial charge in [0.2, 0.25) is 0 Å². The third kappa shape index (κ3) is 2.29. The Labute approximate surface area is 96.8 Å². The molecule has 0 aliphatic heterocycles. The first-order valence-corrected chi connectivity index (χ1v) is 4.57. The summed E-state index contributed by atoms with van der Waals surface area (Å²) in [6, 6.07) is 5.23. The van der Waals surface area contributed by atoms with Gasteiger partial charge in [-0.3, -0.25) is 0 Å². The van der Waals surface area contributed by atoms with Crippen molar-refractivity contribution in [3.05, 3.63) is 35.9 Å². The molecule has 0 saturated heterocycles. The maximum atomic E-state index is 13.1. The summed E-state index contributed by atoms with van der Waals surface area (Å²) in [5.74, 6) is -12.0. The number of aliphatic hydroxyl groups excluding tert-OH is 1. The van der Waals surface area contributed by atoms with E-state index in [-0.39, 0.29) is 0 Å². The van der Waals surface area contributed by atoms with Crippen molar-refractivity contribution in [1.29, 1.82) is 0 Å². The summed E-state index contributed by atoms with van der Waals surface area (Å²) in [7, 11) is 0. The molecule has 1 rings (SSSR count). The van der Waals surface area contributed by atoms with Gasteiger partial charge in [-0.25, -0.2) is 0 Å². The van der Waals surface area contributed by atoms with Crippen molar-refractivity contribution in [2.24, 2.45) is 0 Å². The molecule has 102 valence electrons. The Balaban J connectivity index is 3.15. The number of hydrogen-bond donors (Lipinski definition) is 1. The highest BCUT2D eigenvalue weighted by atomic mass is 19.4. The summed E-state index contributed by atoms with van der Waals surface area (Å²) in [6.45, 7) is 0. The molecule has 0 unspecified atom stereocenters. The van der Waals surface area contributed by atoms with E-state index in [0.717, 1.165) is 24.3 Å². The Bertz CT molecular complexity index is 398. The molecule has 0 bridgehead atoms. The molecule has 1 atom stereocenters. The molecule has 0 amide bonds. The van der Waals surface area contributed by atoms with Gasteiger partial charge >= 0.3 is 18.0 Å². The van der Waals surface area contributed by atoms with Crippen LogP contribution in [0.5, 0.6) is 0 Å². The van der Waals surface area contributed by atoms with E-state index >= 15 is 0 Å². The highest BCUT2D eigenvalue weighted by molar-refractivity contribution is 5.21. The highest BCUT2D eigenvalue weighted by Crippen LogP contribution is 2.51. The molecular formula is C10H7F7O. The molecule has 1 aromatic rings. The molecule has 0 aliphatic carbocycles. The summed E-state index contributed by atoms with van der Waals surface area (Å²) < 4.78 is 86.9. The minimum Gasteiger partial charge on any atom is -0.382 e. The smallest absolute Gasteiger partial charge is 0.382 e. The summed E-state index contributed by atoms with van der Waals surface area (Å²) in [5.41, 5.74) is -0.730. The molecule has 18 heavy (non-hydrogen) atoms. The number of alkyl halides is 7. The molecule has 1 nitrogen and oxygen atoms in total. The first-order valence-electron chi connectivity index (χ1n) is 4.57. The zero-order chi connectivity index (χ0) is 14.2. The van der Waals surface area contributed by atoms with E-state index in [9.17, 15) is 30.7 Å². The van der Waals surface area contributed by atoms with Crippen LogP contribution in [0.4, 0.5) is 30.7 Å². The number of halogens is 7. The van der Waals surface area contributed by atoms with Crippen LogP contribution in [-0.4, -0.2) is 23.1 Å². The van der Waals surface area contributed by atoms with Crippen LogP contribution in [0.15, 0.2) is 30.3 Å². The molecule has 0 heterocycles. The molecule has 0 radical (unpaired) electrons. The van der Waals surface area contributed by atoms with E-state index in [1.807, 2.05) is 0 Å². The van der Waals surface area contributed by atoms with Gasteiger partial charge in [0.05, 0.1) is 0 Å². The van der Waals surface area contributed by atoms with Crippen molar-refractivity contribution in [2.75, 3.05) is 0 Å². The molecule has 1 aromatic carbocycles. The topological polar surface area (TPSA) is 20.2 Å². The van der Waals surface area contributed by atoms with Gasteiger partial charge in [-0.1, -0.05) is 30.3 Å². The lowest BCUT2D eigenvalue weighted by Crippen LogP contribution is -2.54. The fourth-order valence-corrected chi connectivity index (χ4v) is 1.21. The number of aliphatic hydroxyl groups is 1. The first-order chi connectivity index (χ1) is 8.02.